The number of rotatable bonds is 3. The van der Waals surface area contributed by atoms with Crippen molar-refractivity contribution in [2.24, 2.45) is 0 Å². The van der Waals surface area contributed by atoms with Crippen LogP contribution in [0.1, 0.15) is 18.1 Å². The minimum Gasteiger partial charge on any atom is -0.366 e. The summed E-state index contributed by atoms with van der Waals surface area (Å²) in [5, 5.41) is 2.79. The van der Waals surface area contributed by atoms with Gasteiger partial charge in [0.15, 0.2) is 0 Å². The van der Waals surface area contributed by atoms with E-state index in [2.05, 4.69) is 42.3 Å². The van der Waals surface area contributed by atoms with Crippen LogP contribution in [0, 0.1) is 13.8 Å². The maximum Gasteiger partial charge on any atom is 0.221 e. The normalized spacial score (nSPS) is 10.6. The molecule has 0 saturated carbocycles. The molecule has 0 atom stereocenters. The van der Waals surface area contributed by atoms with Crippen molar-refractivity contribution in [3.63, 3.8) is 0 Å². The molecule has 23 heavy (non-hydrogen) atoms. The fourth-order valence-corrected chi connectivity index (χ4v) is 2.88. The number of nitrogens with one attached hydrogen (secondary N) is 2. The fraction of sp³-hybridized carbons (Fsp3) is 0.150. The molecule has 0 unspecified atom stereocenters. The van der Waals surface area contributed by atoms with Crippen LogP contribution in [0.5, 0.6) is 0 Å². The molecule has 3 aromatic rings. The highest BCUT2D eigenvalue weighted by atomic mass is 16.1. The summed E-state index contributed by atoms with van der Waals surface area (Å²) in [6, 6.07) is 14.4. The zero-order valence-electron chi connectivity index (χ0n) is 13.6. The van der Waals surface area contributed by atoms with Gasteiger partial charge >= 0.3 is 0 Å². The summed E-state index contributed by atoms with van der Waals surface area (Å²) in [5.74, 6) is -0.0598. The number of carbonyl (C=O) groups excluding carboxylic acids is 1. The number of hydrogen-bond acceptors (Lipinski definition) is 1. The first-order valence-electron chi connectivity index (χ1n) is 7.67. The second-order valence-corrected chi connectivity index (χ2v) is 5.86. The summed E-state index contributed by atoms with van der Waals surface area (Å²) >= 11 is 0. The molecular weight excluding hydrogens is 284 g/mol. The first-order chi connectivity index (χ1) is 11.0. The van der Waals surface area contributed by atoms with E-state index < -0.39 is 0 Å². The fourth-order valence-electron chi connectivity index (χ4n) is 2.88. The van der Waals surface area contributed by atoms with Gasteiger partial charge in [0.1, 0.15) is 0 Å². The van der Waals surface area contributed by atoms with E-state index in [9.17, 15) is 4.79 Å². The first-order valence-corrected chi connectivity index (χ1v) is 7.67. The Balaban J connectivity index is 1.99. The monoisotopic (exact) mass is 304 g/mol. The quantitative estimate of drug-likeness (QED) is 0.708. The Morgan fingerprint density at radius 3 is 2.26 bits per heavy atom. The molecule has 0 radical (unpaired) electrons. The zero-order valence-corrected chi connectivity index (χ0v) is 13.6. The van der Waals surface area contributed by atoms with E-state index in [-0.39, 0.29) is 5.91 Å². The van der Waals surface area contributed by atoms with Gasteiger partial charge in [-0.1, -0.05) is 35.9 Å². The van der Waals surface area contributed by atoms with Crippen LogP contribution >= 0.6 is 0 Å². The van der Waals surface area contributed by atoms with E-state index in [0.29, 0.717) is 0 Å². The van der Waals surface area contributed by atoms with Crippen molar-refractivity contribution < 1.29 is 4.79 Å². The van der Waals surface area contributed by atoms with Gasteiger partial charge in [0.25, 0.3) is 0 Å². The molecule has 2 aromatic carbocycles. The van der Waals surface area contributed by atoms with Crippen LogP contribution < -0.4 is 5.32 Å². The topological polar surface area (TPSA) is 44.9 Å². The van der Waals surface area contributed by atoms with Crippen molar-refractivity contribution in [1.29, 1.82) is 0 Å². The van der Waals surface area contributed by atoms with Crippen molar-refractivity contribution in [1.82, 2.24) is 4.98 Å². The number of carbonyl (C=O) groups is 1. The SMILES string of the molecule is CC(=O)Nc1ccc(-c2c[nH]cc2-c2ccc(C)cc2C)cc1. The zero-order chi connectivity index (χ0) is 16.4. The van der Waals surface area contributed by atoms with Gasteiger partial charge in [-0.2, -0.15) is 0 Å². The number of H-pyrrole nitrogens is 1. The molecule has 1 heterocycles. The van der Waals surface area contributed by atoms with Gasteiger partial charge in [0.2, 0.25) is 5.91 Å². The standard InChI is InChI=1S/C20H20N2O/c1-13-4-9-18(14(2)10-13)20-12-21-11-19(20)16-5-7-17(8-6-16)22-15(3)23/h4-12,21H,1-3H3,(H,22,23). The summed E-state index contributed by atoms with van der Waals surface area (Å²) in [7, 11) is 0. The number of aryl methyl sites for hydroxylation is 2. The largest absolute Gasteiger partial charge is 0.366 e. The van der Waals surface area contributed by atoms with Gasteiger partial charge < -0.3 is 10.3 Å². The van der Waals surface area contributed by atoms with Crippen LogP contribution in [-0.4, -0.2) is 10.9 Å². The molecular formula is C20H20N2O. The molecule has 2 N–H and O–H groups in total. The maximum atomic E-state index is 11.1. The van der Waals surface area contributed by atoms with Gasteiger partial charge in [0, 0.05) is 36.1 Å². The van der Waals surface area contributed by atoms with Crippen LogP contribution in [0.25, 0.3) is 22.3 Å². The highest BCUT2D eigenvalue weighted by molar-refractivity contribution is 5.90. The third kappa shape index (κ3) is 3.19. The number of benzene rings is 2. The lowest BCUT2D eigenvalue weighted by Gasteiger charge is -2.09. The molecule has 1 aromatic heterocycles. The van der Waals surface area contributed by atoms with Crippen LogP contribution in [0.2, 0.25) is 0 Å². The molecule has 0 aliphatic rings. The lowest BCUT2D eigenvalue weighted by Crippen LogP contribution is -2.05. The molecule has 0 bridgehead atoms. The Labute approximate surface area is 136 Å². The molecule has 0 aliphatic heterocycles. The molecule has 3 rings (SSSR count). The minimum absolute atomic E-state index is 0.0598. The Morgan fingerprint density at radius 2 is 1.61 bits per heavy atom. The van der Waals surface area contributed by atoms with E-state index >= 15 is 0 Å². The summed E-state index contributed by atoms with van der Waals surface area (Å²) < 4.78 is 0. The Hall–Kier alpha value is -2.81. The van der Waals surface area contributed by atoms with E-state index in [0.717, 1.165) is 16.8 Å². The van der Waals surface area contributed by atoms with Gasteiger partial charge in [-0.25, -0.2) is 0 Å². The van der Waals surface area contributed by atoms with Gasteiger partial charge in [-0.15, -0.1) is 0 Å². The van der Waals surface area contributed by atoms with Gasteiger partial charge in [0.05, 0.1) is 0 Å². The number of aromatic nitrogens is 1. The van der Waals surface area contributed by atoms with E-state index in [1.54, 1.807) is 0 Å². The third-order valence-electron chi connectivity index (χ3n) is 3.93. The Kier molecular flexibility index (Phi) is 4.02. The average molecular weight is 304 g/mol. The number of anilines is 1. The van der Waals surface area contributed by atoms with Gasteiger partial charge in [-0.3, -0.25) is 4.79 Å². The molecule has 116 valence electrons. The molecule has 0 saturated heterocycles. The number of hydrogen-bond donors (Lipinski definition) is 2. The lowest BCUT2D eigenvalue weighted by molar-refractivity contribution is -0.114. The van der Waals surface area contributed by atoms with Crippen LogP contribution in [-0.2, 0) is 4.79 Å². The van der Waals surface area contributed by atoms with Crippen molar-refractivity contribution in [3.05, 3.63) is 66.0 Å². The summed E-state index contributed by atoms with van der Waals surface area (Å²) in [6.45, 7) is 5.76. The summed E-state index contributed by atoms with van der Waals surface area (Å²) in [4.78, 5) is 14.3. The van der Waals surface area contributed by atoms with Crippen molar-refractivity contribution >= 4 is 11.6 Å². The molecule has 1 amide bonds. The molecule has 0 fully saturated rings. The second kappa shape index (κ2) is 6.13. The van der Waals surface area contributed by atoms with Crippen LogP contribution in [0.4, 0.5) is 5.69 Å². The van der Waals surface area contributed by atoms with Gasteiger partial charge in [-0.05, 0) is 42.7 Å². The predicted molar refractivity (Wildman–Crippen MR) is 95.4 cm³/mol. The number of aromatic amines is 1. The summed E-state index contributed by atoms with van der Waals surface area (Å²) in [5.41, 5.74) is 8.04. The highest BCUT2D eigenvalue weighted by Gasteiger charge is 2.11. The summed E-state index contributed by atoms with van der Waals surface area (Å²) in [6.07, 6.45) is 4.05. The number of amides is 1. The van der Waals surface area contributed by atoms with Crippen LogP contribution in [0.3, 0.4) is 0 Å². The minimum atomic E-state index is -0.0598. The third-order valence-corrected chi connectivity index (χ3v) is 3.93. The molecule has 0 aliphatic carbocycles. The predicted octanol–water partition coefficient (Wildman–Crippen LogP) is 4.92. The van der Waals surface area contributed by atoms with Crippen LogP contribution in [0.15, 0.2) is 54.9 Å². The maximum absolute atomic E-state index is 11.1. The van der Waals surface area contributed by atoms with E-state index in [1.165, 1.54) is 29.2 Å². The Morgan fingerprint density at radius 1 is 0.913 bits per heavy atom. The first kappa shape index (κ1) is 15.1. The lowest BCUT2D eigenvalue weighted by atomic mass is 9.95. The molecule has 3 heteroatoms. The second-order valence-electron chi connectivity index (χ2n) is 5.86. The Bertz CT molecular complexity index is 844. The highest BCUT2D eigenvalue weighted by Crippen LogP contribution is 2.34. The average Bonchev–Trinajstić information content (AvgIpc) is 2.96. The van der Waals surface area contributed by atoms with Crippen molar-refractivity contribution in [2.45, 2.75) is 20.8 Å². The van der Waals surface area contributed by atoms with Crippen molar-refractivity contribution in [3.8, 4) is 22.3 Å². The molecule has 0 spiro atoms. The smallest absolute Gasteiger partial charge is 0.221 e. The van der Waals surface area contributed by atoms with E-state index in [1.807, 2.05) is 36.7 Å². The molecule has 3 nitrogen and oxygen atoms in total. The van der Waals surface area contributed by atoms with E-state index in [4.69, 9.17) is 0 Å². The van der Waals surface area contributed by atoms with Crippen molar-refractivity contribution in [2.75, 3.05) is 5.32 Å².